The molecule has 0 aliphatic heterocycles. The Bertz CT molecular complexity index is 1060. The summed E-state index contributed by atoms with van der Waals surface area (Å²) in [5, 5.41) is 3.29. The van der Waals surface area contributed by atoms with E-state index in [2.05, 4.69) is 10.3 Å². The van der Waals surface area contributed by atoms with Crippen LogP contribution >= 0.6 is 0 Å². The Morgan fingerprint density at radius 1 is 0.750 bits per heavy atom. The van der Waals surface area contributed by atoms with Crippen LogP contribution in [0.4, 0.5) is 11.5 Å². The average Bonchev–Trinajstić information content (AvgIpc) is 2.75. The number of hydrogen-bond donors (Lipinski definition) is 1. The minimum atomic E-state index is 0.660. The smallest absolute Gasteiger partial charge is 0.150 e. The number of carbonyl (C=O) groups excluding carboxylic acids is 1. The summed E-state index contributed by atoms with van der Waals surface area (Å²) in [7, 11) is 0. The lowest BCUT2D eigenvalue weighted by atomic mass is 10.1. The molecule has 0 spiro atoms. The van der Waals surface area contributed by atoms with Gasteiger partial charge in [0.25, 0.3) is 0 Å². The Morgan fingerprint density at radius 3 is 2.21 bits per heavy atom. The van der Waals surface area contributed by atoms with Gasteiger partial charge < -0.3 is 10.1 Å². The van der Waals surface area contributed by atoms with Crippen molar-refractivity contribution < 1.29 is 9.53 Å². The molecule has 0 saturated heterocycles. The van der Waals surface area contributed by atoms with E-state index >= 15 is 0 Å². The quantitative estimate of drug-likeness (QED) is 0.419. The SMILES string of the molecule is O=Cc1ccc(-c2ccc(Nc3cccc(Oc4ccccc4)c3)nc2)cc1. The minimum absolute atomic E-state index is 0.660. The zero-order valence-corrected chi connectivity index (χ0v) is 15.1. The van der Waals surface area contributed by atoms with Gasteiger partial charge in [-0.3, -0.25) is 4.79 Å². The summed E-state index contributed by atoms with van der Waals surface area (Å²) in [4.78, 5) is 15.3. The third-order valence-electron chi connectivity index (χ3n) is 4.23. The number of ether oxygens (including phenoxy) is 1. The van der Waals surface area contributed by atoms with Gasteiger partial charge in [0.05, 0.1) is 0 Å². The third-order valence-corrected chi connectivity index (χ3v) is 4.23. The number of aldehydes is 1. The highest BCUT2D eigenvalue weighted by atomic mass is 16.5. The number of benzene rings is 3. The maximum Gasteiger partial charge on any atom is 0.150 e. The van der Waals surface area contributed by atoms with E-state index in [1.54, 1.807) is 12.1 Å². The zero-order valence-electron chi connectivity index (χ0n) is 15.1. The number of anilines is 2. The van der Waals surface area contributed by atoms with Gasteiger partial charge in [0.2, 0.25) is 0 Å². The van der Waals surface area contributed by atoms with Gasteiger partial charge in [-0.2, -0.15) is 0 Å². The first-order valence-corrected chi connectivity index (χ1v) is 8.92. The number of carbonyl (C=O) groups is 1. The first-order chi connectivity index (χ1) is 13.8. The summed E-state index contributed by atoms with van der Waals surface area (Å²) in [6.07, 6.45) is 2.65. The molecule has 0 aliphatic carbocycles. The fourth-order valence-electron chi connectivity index (χ4n) is 2.80. The Labute approximate surface area is 163 Å². The van der Waals surface area contributed by atoms with Gasteiger partial charge in [-0.25, -0.2) is 4.98 Å². The molecular formula is C24H18N2O2. The molecule has 0 unspecified atom stereocenters. The van der Waals surface area contributed by atoms with Crippen LogP contribution in [0, 0.1) is 0 Å². The first-order valence-electron chi connectivity index (χ1n) is 8.92. The third kappa shape index (κ3) is 4.24. The van der Waals surface area contributed by atoms with Crippen LogP contribution in [-0.4, -0.2) is 11.3 Å². The van der Waals surface area contributed by atoms with Gasteiger partial charge in [0, 0.05) is 29.1 Å². The summed E-state index contributed by atoms with van der Waals surface area (Å²) in [5.74, 6) is 2.29. The lowest BCUT2D eigenvalue weighted by Crippen LogP contribution is -1.94. The molecule has 0 bridgehead atoms. The van der Waals surface area contributed by atoms with Crippen LogP contribution in [-0.2, 0) is 0 Å². The molecule has 4 rings (SSSR count). The van der Waals surface area contributed by atoms with Gasteiger partial charge in [-0.05, 0) is 42.0 Å². The lowest BCUT2D eigenvalue weighted by Gasteiger charge is -2.10. The molecule has 136 valence electrons. The van der Waals surface area contributed by atoms with Gasteiger partial charge in [-0.15, -0.1) is 0 Å². The van der Waals surface area contributed by atoms with Crippen molar-refractivity contribution in [3.8, 4) is 22.6 Å². The minimum Gasteiger partial charge on any atom is -0.457 e. The van der Waals surface area contributed by atoms with Crippen LogP contribution < -0.4 is 10.1 Å². The van der Waals surface area contributed by atoms with Crippen LogP contribution in [0.15, 0.2) is 97.2 Å². The Morgan fingerprint density at radius 2 is 1.50 bits per heavy atom. The number of aromatic nitrogens is 1. The highest BCUT2D eigenvalue weighted by molar-refractivity contribution is 5.77. The van der Waals surface area contributed by atoms with Crippen LogP contribution in [0.25, 0.3) is 11.1 Å². The normalized spacial score (nSPS) is 10.3. The van der Waals surface area contributed by atoms with E-state index in [-0.39, 0.29) is 0 Å². The number of rotatable bonds is 6. The van der Waals surface area contributed by atoms with Crippen LogP contribution in [0.1, 0.15) is 10.4 Å². The Kier molecular flexibility index (Phi) is 5.11. The summed E-state index contributed by atoms with van der Waals surface area (Å²) < 4.78 is 5.87. The van der Waals surface area contributed by atoms with Gasteiger partial charge in [-0.1, -0.05) is 48.5 Å². The molecule has 0 aliphatic rings. The van der Waals surface area contributed by atoms with E-state index in [0.29, 0.717) is 5.56 Å². The highest BCUT2D eigenvalue weighted by Gasteiger charge is 2.02. The van der Waals surface area contributed by atoms with Gasteiger partial charge >= 0.3 is 0 Å². The van der Waals surface area contributed by atoms with Crippen molar-refractivity contribution in [3.63, 3.8) is 0 Å². The van der Waals surface area contributed by atoms with Crippen LogP contribution in [0.3, 0.4) is 0 Å². The number of pyridine rings is 1. The van der Waals surface area contributed by atoms with Crippen molar-refractivity contribution in [1.82, 2.24) is 4.98 Å². The van der Waals surface area contributed by atoms with E-state index in [1.165, 1.54) is 0 Å². The van der Waals surface area contributed by atoms with Gasteiger partial charge in [0.15, 0.2) is 0 Å². The molecule has 4 aromatic rings. The van der Waals surface area contributed by atoms with Crippen molar-refractivity contribution in [1.29, 1.82) is 0 Å². The molecule has 0 fully saturated rings. The predicted octanol–water partition coefficient (Wildman–Crippen LogP) is 6.10. The Hall–Kier alpha value is -3.92. The summed E-state index contributed by atoms with van der Waals surface area (Å²) in [6.45, 7) is 0. The molecule has 0 radical (unpaired) electrons. The molecule has 3 aromatic carbocycles. The van der Waals surface area contributed by atoms with Crippen molar-refractivity contribution in [2.75, 3.05) is 5.32 Å². The van der Waals surface area contributed by atoms with Crippen molar-refractivity contribution in [3.05, 3.63) is 103 Å². The second-order valence-electron chi connectivity index (χ2n) is 6.24. The molecule has 0 saturated carbocycles. The number of hydrogen-bond acceptors (Lipinski definition) is 4. The molecule has 0 atom stereocenters. The average molecular weight is 366 g/mol. The molecule has 1 aromatic heterocycles. The van der Waals surface area contributed by atoms with Crippen molar-refractivity contribution in [2.45, 2.75) is 0 Å². The molecule has 4 heteroatoms. The predicted molar refractivity (Wildman–Crippen MR) is 111 cm³/mol. The number of nitrogens with zero attached hydrogens (tertiary/aromatic N) is 1. The first kappa shape index (κ1) is 17.5. The van der Waals surface area contributed by atoms with Crippen molar-refractivity contribution in [2.24, 2.45) is 0 Å². The maximum absolute atomic E-state index is 10.8. The summed E-state index contributed by atoms with van der Waals surface area (Å²) in [6, 6.07) is 28.8. The zero-order chi connectivity index (χ0) is 19.2. The number of nitrogens with one attached hydrogen (secondary N) is 1. The molecule has 0 amide bonds. The second-order valence-corrected chi connectivity index (χ2v) is 6.24. The molecular weight excluding hydrogens is 348 g/mol. The van der Waals surface area contributed by atoms with E-state index in [0.717, 1.165) is 40.4 Å². The Balaban J connectivity index is 1.47. The monoisotopic (exact) mass is 366 g/mol. The largest absolute Gasteiger partial charge is 0.457 e. The van der Waals surface area contributed by atoms with Gasteiger partial charge in [0.1, 0.15) is 23.6 Å². The van der Waals surface area contributed by atoms with Crippen LogP contribution in [0.5, 0.6) is 11.5 Å². The maximum atomic E-state index is 10.8. The second kappa shape index (κ2) is 8.18. The molecule has 28 heavy (non-hydrogen) atoms. The topological polar surface area (TPSA) is 51.2 Å². The molecule has 1 N–H and O–H groups in total. The highest BCUT2D eigenvalue weighted by Crippen LogP contribution is 2.26. The fraction of sp³-hybridized carbons (Fsp3) is 0. The van der Waals surface area contributed by atoms with E-state index in [4.69, 9.17) is 4.74 Å². The lowest BCUT2D eigenvalue weighted by molar-refractivity contribution is 0.112. The van der Waals surface area contributed by atoms with E-state index in [1.807, 2.05) is 85.1 Å². The summed E-state index contributed by atoms with van der Waals surface area (Å²) >= 11 is 0. The van der Waals surface area contributed by atoms with Crippen LogP contribution in [0.2, 0.25) is 0 Å². The van der Waals surface area contributed by atoms with E-state index in [9.17, 15) is 4.79 Å². The number of para-hydroxylation sites is 1. The summed E-state index contributed by atoms with van der Waals surface area (Å²) in [5.41, 5.74) is 3.56. The molecule has 4 nitrogen and oxygen atoms in total. The fourth-order valence-corrected chi connectivity index (χ4v) is 2.80. The van der Waals surface area contributed by atoms with E-state index < -0.39 is 0 Å². The molecule has 1 heterocycles. The van der Waals surface area contributed by atoms with Crippen molar-refractivity contribution >= 4 is 17.8 Å². The standard InChI is InChI=1S/C24H18N2O2/c27-17-18-9-11-19(12-10-18)20-13-14-24(25-16-20)26-21-5-4-8-23(15-21)28-22-6-2-1-3-7-22/h1-17H,(H,25,26).